The monoisotopic (exact) mass is 262 g/mol. The van der Waals surface area contributed by atoms with Gasteiger partial charge in [0, 0.05) is 26.2 Å². The maximum atomic E-state index is 12.4. The van der Waals surface area contributed by atoms with Crippen LogP contribution in [0.1, 0.15) is 18.9 Å². The van der Waals surface area contributed by atoms with Crippen molar-refractivity contribution in [3.8, 4) is 5.75 Å². The van der Waals surface area contributed by atoms with Crippen LogP contribution in [0.5, 0.6) is 5.75 Å². The second kappa shape index (κ2) is 4.57. The summed E-state index contributed by atoms with van der Waals surface area (Å²) >= 11 is 0. The van der Waals surface area contributed by atoms with Gasteiger partial charge in [0.2, 0.25) is 11.8 Å². The maximum absolute atomic E-state index is 12.4. The van der Waals surface area contributed by atoms with Crippen LogP contribution in [0.2, 0.25) is 0 Å². The van der Waals surface area contributed by atoms with Crippen molar-refractivity contribution >= 4 is 17.5 Å². The highest BCUT2D eigenvalue weighted by molar-refractivity contribution is 6.09. The molecule has 2 rings (SSSR count). The van der Waals surface area contributed by atoms with E-state index in [2.05, 4.69) is 5.32 Å². The molecule has 0 radical (unpaired) electrons. The molecule has 1 N–H and O–H groups in total. The Morgan fingerprint density at radius 2 is 2.16 bits per heavy atom. The molecule has 0 aliphatic carbocycles. The molecule has 5 heteroatoms. The minimum Gasteiger partial charge on any atom is -0.497 e. The fraction of sp³-hybridized carbons (Fsp3) is 0.429. The summed E-state index contributed by atoms with van der Waals surface area (Å²) < 4.78 is 5.20. The van der Waals surface area contributed by atoms with Crippen molar-refractivity contribution in [1.29, 1.82) is 0 Å². The van der Waals surface area contributed by atoms with E-state index in [0.29, 0.717) is 5.75 Å². The number of fused-ring (bicyclic) bond motifs is 1. The molecule has 1 aliphatic heterocycles. The number of hydrogen-bond donors (Lipinski definition) is 1. The van der Waals surface area contributed by atoms with Crippen molar-refractivity contribution in [1.82, 2.24) is 5.32 Å². The molecular formula is C14H18N2O3. The number of benzene rings is 1. The van der Waals surface area contributed by atoms with Crippen molar-refractivity contribution in [2.45, 2.75) is 18.8 Å². The van der Waals surface area contributed by atoms with E-state index in [-0.39, 0.29) is 18.2 Å². The molecule has 1 aliphatic rings. The molecule has 2 amide bonds. The number of nitrogens with zero attached hydrogens (tertiary/aromatic N) is 1. The number of carbonyl (C=O) groups excluding carboxylic acids is 2. The SMILES string of the molecule is CNC(=O)CC1(C)C(=O)N(C)c2ccc(OC)cc21. The highest BCUT2D eigenvalue weighted by atomic mass is 16.5. The summed E-state index contributed by atoms with van der Waals surface area (Å²) in [7, 11) is 4.88. The normalized spacial score (nSPS) is 21.3. The molecule has 0 saturated heterocycles. The largest absolute Gasteiger partial charge is 0.497 e. The predicted octanol–water partition coefficient (Wildman–Crippen LogP) is 1.07. The molecule has 1 aromatic carbocycles. The van der Waals surface area contributed by atoms with E-state index < -0.39 is 5.41 Å². The Morgan fingerprint density at radius 1 is 1.47 bits per heavy atom. The van der Waals surface area contributed by atoms with Crippen molar-refractivity contribution in [2.75, 3.05) is 26.1 Å². The Bertz CT molecular complexity index is 541. The lowest BCUT2D eigenvalue weighted by atomic mass is 9.80. The molecule has 0 spiro atoms. The van der Waals surface area contributed by atoms with Crippen molar-refractivity contribution < 1.29 is 14.3 Å². The first-order chi connectivity index (χ1) is 8.93. The average Bonchev–Trinajstić information content (AvgIpc) is 2.60. The third kappa shape index (κ3) is 1.95. The van der Waals surface area contributed by atoms with Gasteiger partial charge in [0.1, 0.15) is 5.75 Å². The summed E-state index contributed by atoms with van der Waals surface area (Å²) in [5.41, 5.74) is 0.832. The van der Waals surface area contributed by atoms with Gasteiger partial charge >= 0.3 is 0 Å². The van der Waals surface area contributed by atoms with Crippen molar-refractivity contribution in [2.24, 2.45) is 0 Å². The van der Waals surface area contributed by atoms with E-state index in [1.165, 1.54) is 0 Å². The smallest absolute Gasteiger partial charge is 0.237 e. The van der Waals surface area contributed by atoms with Gasteiger partial charge in [-0.25, -0.2) is 0 Å². The third-order valence-electron chi connectivity index (χ3n) is 3.73. The van der Waals surface area contributed by atoms with Crippen LogP contribution in [0, 0.1) is 0 Å². The van der Waals surface area contributed by atoms with Crippen LogP contribution in [0.4, 0.5) is 5.69 Å². The van der Waals surface area contributed by atoms with Crippen LogP contribution in [-0.4, -0.2) is 33.0 Å². The first-order valence-corrected chi connectivity index (χ1v) is 6.11. The summed E-state index contributed by atoms with van der Waals surface area (Å²) in [6, 6.07) is 5.50. The zero-order valence-electron chi connectivity index (χ0n) is 11.6. The number of carbonyl (C=O) groups is 2. The van der Waals surface area contributed by atoms with Gasteiger partial charge in [-0.05, 0) is 30.7 Å². The molecule has 1 heterocycles. The van der Waals surface area contributed by atoms with Gasteiger partial charge < -0.3 is 15.0 Å². The fourth-order valence-electron chi connectivity index (χ4n) is 2.55. The van der Waals surface area contributed by atoms with E-state index in [1.54, 1.807) is 33.0 Å². The zero-order chi connectivity index (χ0) is 14.2. The van der Waals surface area contributed by atoms with Crippen LogP contribution < -0.4 is 15.0 Å². The molecule has 1 unspecified atom stereocenters. The molecule has 5 nitrogen and oxygen atoms in total. The van der Waals surface area contributed by atoms with E-state index >= 15 is 0 Å². The van der Waals surface area contributed by atoms with Crippen molar-refractivity contribution in [3.63, 3.8) is 0 Å². The number of anilines is 1. The second-order valence-corrected chi connectivity index (χ2v) is 4.93. The molecule has 1 aromatic rings. The summed E-state index contributed by atoms with van der Waals surface area (Å²) in [6.07, 6.45) is 0.132. The molecule has 19 heavy (non-hydrogen) atoms. The van der Waals surface area contributed by atoms with Gasteiger partial charge in [0.15, 0.2) is 0 Å². The van der Waals surface area contributed by atoms with E-state index in [1.807, 2.05) is 18.2 Å². The molecule has 0 bridgehead atoms. The van der Waals surface area contributed by atoms with Gasteiger partial charge in [0.25, 0.3) is 0 Å². The first-order valence-electron chi connectivity index (χ1n) is 6.11. The third-order valence-corrected chi connectivity index (χ3v) is 3.73. The highest BCUT2D eigenvalue weighted by Gasteiger charge is 2.47. The molecule has 0 saturated carbocycles. The van der Waals surface area contributed by atoms with Crippen LogP contribution in [0.25, 0.3) is 0 Å². The number of rotatable bonds is 3. The van der Waals surface area contributed by atoms with E-state index in [0.717, 1.165) is 11.3 Å². The number of ether oxygens (including phenoxy) is 1. The van der Waals surface area contributed by atoms with E-state index in [4.69, 9.17) is 4.74 Å². The highest BCUT2D eigenvalue weighted by Crippen LogP contribution is 2.44. The summed E-state index contributed by atoms with van der Waals surface area (Å²) in [5.74, 6) is 0.462. The van der Waals surface area contributed by atoms with Gasteiger partial charge in [-0.2, -0.15) is 0 Å². The summed E-state index contributed by atoms with van der Waals surface area (Å²) in [4.78, 5) is 25.7. The van der Waals surface area contributed by atoms with Crippen LogP contribution >= 0.6 is 0 Å². The van der Waals surface area contributed by atoms with Crippen LogP contribution in [0.15, 0.2) is 18.2 Å². The molecule has 0 fully saturated rings. The molecular weight excluding hydrogens is 244 g/mol. The molecule has 0 aromatic heterocycles. The lowest BCUT2D eigenvalue weighted by Gasteiger charge is -2.22. The maximum Gasteiger partial charge on any atom is 0.237 e. The number of hydrogen-bond acceptors (Lipinski definition) is 3. The van der Waals surface area contributed by atoms with Gasteiger partial charge in [-0.15, -0.1) is 0 Å². The van der Waals surface area contributed by atoms with Gasteiger partial charge in [0.05, 0.1) is 12.5 Å². The van der Waals surface area contributed by atoms with E-state index in [9.17, 15) is 9.59 Å². The lowest BCUT2D eigenvalue weighted by molar-refractivity contribution is -0.128. The van der Waals surface area contributed by atoms with Crippen LogP contribution in [-0.2, 0) is 15.0 Å². The fourth-order valence-corrected chi connectivity index (χ4v) is 2.55. The van der Waals surface area contributed by atoms with Gasteiger partial charge in [-0.3, -0.25) is 9.59 Å². The van der Waals surface area contributed by atoms with Crippen molar-refractivity contribution in [3.05, 3.63) is 23.8 Å². The average molecular weight is 262 g/mol. The number of amides is 2. The summed E-state index contributed by atoms with van der Waals surface area (Å²) in [5, 5.41) is 2.57. The first kappa shape index (κ1) is 13.4. The Morgan fingerprint density at radius 3 is 2.74 bits per heavy atom. The van der Waals surface area contributed by atoms with Crippen LogP contribution in [0.3, 0.4) is 0 Å². The Hall–Kier alpha value is -2.04. The summed E-state index contributed by atoms with van der Waals surface area (Å²) in [6.45, 7) is 1.80. The second-order valence-electron chi connectivity index (χ2n) is 4.93. The standard InChI is InChI=1S/C14H18N2O3/c1-14(8-12(17)15-2)10-7-9(19-4)5-6-11(10)16(3)13(14)18/h5-7H,8H2,1-4H3,(H,15,17). The Labute approximate surface area is 112 Å². The minimum absolute atomic E-state index is 0.0700. The zero-order valence-corrected chi connectivity index (χ0v) is 11.6. The quantitative estimate of drug-likeness (QED) is 0.886. The predicted molar refractivity (Wildman–Crippen MR) is 72.4 cm³/mol. The number of likely N-dealkylation sites (N-methyl/N-ethyl adjacent to an activating group) is 1. The van der Waals surface area contributed by atoms with Gasteiger partial charge in [-0.1, -0.05) is 0 Å². The number of methoxy groups -OCH3 is 1. The molecule has 1 atom stereocenters. The Kier molecular flexibility index (Phi) is 3.22. The minimum atomic E-state index is -0.835. The lowest BCUT2D eigenvalue weighted by Crippen LogP contribution is -2.40. The molecule has 102 valence electrons. The topological polar surface area (TPSA) is 58.6 Å². The Balaban J connectivity index is 2.52. The number of nitrogens with one attached hydrogen (secondary N) is 1.